The minimum Gasteiger partial charge on any atom is -0.488 e. The van der Waals surface area contributed by atoms with E-state index in [-0.39, 0.29) is 18.0 Å². The number of thiophene rings is 1. The van der Waals surface area contributed by atoms with Crippen LogP contribution in [-0.2, 0) is 6.42 Å². The molecule has 1 atom stereocenters. The quantitative estimate of drug-likeness (QED) is 0.610. The largest absolute Gasteiger partial charge is 0.488 e. The van der Waals surface area contributed by atoms with Gasteiger partial charge < -0.3 is 20.7 Å². The van der Waals surface area contributed by atoms with E-state index in [1.165, 1.54) is 11.3 Å². The fraction of sp³-hybridized carbons (Fsp3) is 0.143. The Morgan fingerprint density at radius 3 is 2.61 bits per heavy atom. The van der Waals surface area contributed by atoms with Crippen molar-refractivity contribution >= 4 is 34.6 Å². The van der Waals surface area contributed by atoms with Gasteiger partial charge in [-0.05, 0) is 41.3 Å². The molecule has 0 radical (unpaired) electrons. The third-order valence-electron chi connectivity index (χ3n) is 4.33. The van der Waals surface area contributed by atoms with Gasteiger partial charge in [-0.1, -0.05) is 30.3 Å². The van der Waals surface area contributed by atoms with Crippen molar-refractivity contribution in [3.63, 3.8) is 0 Å². The van der Waals surface area contributed by atoms with Gasteiger partial charge in [0.1, 0.15) is 11.9 Å². The van der Waals surface area contributed by atoms with E-state index in [1.807, 2.05) is 35.7 Å². The number of fused-ring (bicyclic) bond motifs is 1. The number of anilines is 2. The van der Waals surface area contributed by atoms with E-state index in [4.69, 9.17) is 4.74 Å². The lowest BCUT2D eigenvalue weighted by atomic mass is 10.1. The molecule has 0 aliphatic carbocycles. The van der Waals surface area contributed by atoms with Crippen molar-refractivity contribution in [1.82, 2.24) is 5.32 Å². The number of rotatable bonds is 5. The Bertz CT molecular complexity index is 963. The highest BCUT2D eigenvalue weighted by Crippen LogP contribution is 2.27. The molecule has 3 aromatic rings. The minimum absolute atomic E-state index is 0.0698. The zero-order chi connectivity index (χ0) is 19.3. The summed E-state index contributed by atoms with van der Waals surface area (Å²) in [4.78, 5) is 25.0. The maximum absolute atomic E-state index is 12.2. The second kappa shape index (κ2) is 8.14. The minimum atomic E-state index is -0.318. The number of hydrogen-bond acceptors (Lipinski definition) is 4. The van der Waals surface area contributed by atoms with E-state index in [1.54, 1.807) is 30.3 Å². The van der Waals surface area contributed by atoms with Gasteiger partial charge in [0.2, 0.25) is 0 Å². The Morgan fingerprint density at radius 2 is 1.82 bits per heavy atom. The molecule has 0 saturated heterocycles. The molecular weight excluding hydrogens is 374 g/mol. The summed E-state index contributed by atoms with van der Waals surface area (Å²) in [7, 11) is 0. The average molecular weight is 393 g/mol. The fourth-order valence-corrected chi connectivity index (χ4v) is 3.64. The number of nitrogens with one attached hydrogen (secondary N) is 3. The van der Waals surface area contributed by atoms with Crippen molar-refractivity contribution in [2.45, 2.75) is 12.5 Å². The molecule has 6 nitrogen and oxygen atoms in total. The van der Waals surface area contributed by atoms with Crippen molar-refractivity contribution < 1.29 is 14.3 Å². The Balaban J connectivity index is 1.28. The molecule has 3 N–H and O–H groups in total. The number of carbonyl (C=O) groups excluding carboxylic acids is 2. The second-order valence-electron chi connectivity index (χ2n) is 6.40. The molecule has 3 amide bonds. The maximum Gasteiger partial charge on any atom is 0.319 e. The SMILES string of the molecule is O=C(NC[C@@H]1Cc2ccccc2O1)Nc1cccc(NC(=O)c2cccs2)c1. The molecule has 0 bridgehead atoms. The smallest absolute Gasteiger partial charge is 0.319 e. The van der Waals surface area contributed by atoms with Crippen LogP contribution in [0.2, 0.25) is 0 Å². The molecule has 0 saturated carbocycles. The van der Waals surface area contributed by atoms with E-state index in [0.717, 1.165) is 17.7 Å². The van der Waals surface area contributed by atoms with Gasteiger partial charge in [-0.25, -0.2) is 4.79 Å². The Morgan fingerprint density at radius 1 is 1.00 bits per heavy atom. The van der Waals surface area contributed by atoms with Gasteiger partial charge in [0.05, 0.1) is 11.4 Å². The first-order valence-electron chi connectivity index (χ1n) is 8.92. The number of benzene rings is 2. The molecule has 1 aliphatic rings. The normalized spacial score (nSPS) is 14.6. The van der Waals surface area contributed by atoms with E-state index in [0.29, 0.717) is 22.8 Å². The monoisotopic (exact) mass is 393 g/mol. The fourth-order valence-electron chi connectivity index (χ4n) is 3.02. The van der Waals surface area contributed by atoms with E-state index < -0.39 is 0 Å². The van der Waals surface area contributed by atoms with Gasteiger partial charge in [-0.15, -0.1) is 11.3 Å². The molecule has 142 valence electrons. The predicted octanol–water partition coefficient (Wildman–Crippen LogP) is 4.13. The molecular formula is C21H19N3O3S. The highest BCUT2D eigenvalue weighted by atomic mass is 32.1. The number of ether oxygens (including phenoxy) is 1. The van der Waals surface area contributed by atoms with Gasteiger partial charge in [-0.3, -0.25) is 4.79 Å². The number of urea groups is 1. The summed E-state index contributed by atoms with van der Waals surface area (Å²) in [5.41, 5.74) is 2.37. The van der Waals surface area contributed by atoms with Crippen LogP contribution >= 0.6 is 11.3 Å². The first-order chi connectivity index (χ1) is 13.7. The third-order valence-corrected chi connectivity index (χ3v) is 5.20. The van der Waals surface area contributed by atoms with Crippen molar-refractivity contribution in [3.05, 3.63) is 76.5 Å². The summed E-state index contributed by atoms with van der Waals surface area (Å²) in [6, 6.07) is 18.2. The zero-order valence-corrected chi connectivity index (χ0v) is 15.8. The summed E-state index contributed by atoms with van der Waals surface area (Å²) >= 11 is 1.38. The van der Waals surface area contributed by atoms with Gasteiger partial charge in [0.25, 0.3) is 5.91 Å². The summed E-state index contributed by atoms with van der Waals surface area (Å²) in [6.45, 7) is 0.412. The molecule has 1 aromatic heterocycles. The highest BCUT2D eigenvalue weighted by Gasteiger charge is 2.22. The van der Waals surface area contributed by atoms with Crippen molar-refractivity contribution in [3.8, 4) is 5.75 Å². The van der Waals surface area contributed by atoms with E-state index in [2.05, 4.69) is 16.0 Å². The lowest BCUT2D eigenvalue weighted by Crippen LogP contribution is -2.37. The number of carbonyl (C=O) groups is 2. The highest BCUT2D eigenvalue weighted by molar-refractivity contribution is 7.12. The zero-order valence-electron chi connectivity index (χ0n) is 15.0. The maximum atomic E-state index is 12.2. The van der Waals surface area contributed by atoms with Crippen molar-refractivity contribution in [1.29, 1.82) is 0 Å². The van der Waals surface area contributed by atoms with Gasteiger partial charge in [0.15, 0.2) is 0 Å². The lowest BCUT2D eigenvalue weighted by molar-refractivity contribution is 0.103. The van der Waals surface area contributed by atoms with Crippen LogP contribution in [0.1, 0.15) is 15.2 Å². The number of para-hydroxylation sites is 1. The summed E-state index contributed by atoms with van der Waals surface area (Å²) in [5.74, 6) is 0.707. The van der Waals surface area contributed by atoms with Crippen LogP contribution in [0.4, 0.5) is 16.2 Å². The van der Waals surface area contributed by atoms with Crippen LogP contribution in [0, 0.1) is 0 Å². The Kier molecular flexibility index (Phi) is 5.25. The number of amides is 3. The molecule has 28 heavy (non-hydrogen) atoms. The molecule has 2 aromatic carbocycles. The number of hydrogen-bond donors (Lipinski definition) is 3. The van der Waals surface area contributed by atoms with Crippen LogP contribution in [0.25, 0.3) is 0 Å². The topological polar surface area (TPSA) is 79.5 Å². The van der Waals surface area contributed by atoms with Crippen LogP contribution in [0.5, 0.6) is 5.75 Å². The van der Waals surface area contributed by atoms with Crippen LogP contribution in [0.3, 0.4) is 0 Å². The lowest BCUT2D eigenvalue weighted by Gasteiger charge is -2.13. The van der Waals surface area contributed by atoms with Crippen LogP contribution in [0.15, 0.2) is 66.0 Å². The average Bonchev–Trinajstić information content (AvgIpc) is 3.36. The van der Waals surface area contributed by atoms with E-state index in [9.17, 15) is 9.59 Å². The second-order valence-corrected chi connectivity index (χ2v) is 7.35. The van der Waals surface area contributed by atoms with Crippen LogP contribution < -0.4 is 20.7 Å². The molecule has 0 unspecified atom stereocenters. The summed E-state index contributed by atoms with van der Waals surface area (Å²) < 4.78 is 5.82. The third kappa shape index (κ3) is 4.32. The van der Waals surface area contributed by atoms with Gasteiger partial charge in [-0.2, -0.15) is 0 Å². The molecule has 0 fully saturated rings. The predicted molar refractivity (Wildman–Crippen MR) is 110 cm³/mol. The van der Waals surface area contributed by atoms with Gasteiger partial charge >= 0.3 is 6.03 Å². The van der Waals surface area contributed by atoms with Crippen molar-refractivity contribution in [2.75, 3.05) is 17.2 Å². The molecule has 4 rings (SSSR count). The Hall–Kier alpha value is -3.32. The summed E-state index contributed by atoms with van der Waals surface area (Å²) in [6.07, 6.45) is 0.709. The first kappa shape index (κ1) is 18.1. The first-order valence-corrected chi connectivity index (χ1v) is 9.80. The van der Waals surface area contributed by atoms with Crippen molar-refractivity contribution in [2.24, 2.45) is 0 Å². The molecule has 0 spiro atoms. The Labute approximate surface area is 166 Å². The molecule has 2 heterocycles. The molecule has 7 heteroatoms. The summed E-state index contributed by atoms with van der Waals surface area (Å²) in [5, 5.41) is 10.3. The van der Waals surface area contributed by atoms with Gasteiger partial charge in [0, 0.05) is 17.8 Å². The standard InChI is InChI=1S/C21H19N3O3S/c25-20(19-9-4-10-28-19)23-15-6-3-7-16(12-15)24-21(26)22-13-17-11-14-5-1-2-8-18(14)27-17/h1-10,12,17H,11,13H2,(H,23,25)(H2,22,24,26)/t17-/m0/s1. The van der Waals surface area contributed by atoms with Crippen LogP contribution in [-0.4, -0.2) is 24.6 Å². The van der Waals surface area contributed by atoms with E-state index >= 15 is 0 Å². The molecule has 1 aliphatic heterocycles.